The summed E-state index contributed by atoms with van der Waals surface area (Å²) >= 11 is 5.70. The number of rotatable bonds is 17. The van der Waals surface area contributed by atoms with E-state index in [0.29, 0.717) is 29.2 Å². The van der Waals surface area contributed by atoms with Gasteiger partial charge in [0.05, 0.1) is 6.04 Å². The van der Waals surface area contributed by atoms with Crippen LogP contribution in [0.4, 0.5) is 0 Å². The smallest absolute Gasteiger partial charge is 0.270 e. The number of nitrogens with zero attached hydrogens (tertiary/aromatic N) is 3. The first kappa shape index (κ1) is 47.5. The van der Waals surface area contributed by atoms with Gasteiger partial charge in [0.25, 0.3) is 5.91 Å². The Bertz CT molecular complexity index is 1440. The summed E-state index contributed by atoms with van der Waals surface area (Å²) < 4.78 is 7.83. The van der Waals surface area contributed by atoms with Crippen molar-refractivity contribution in [2.24, 2.45) is 17.8 Å². The molecule has 2 N–H and O–H groups in total. The van der Waals surface area contributed by atoms with E-state index in [-0.39, 0.29) is 142 Å². The van der Waals surface area contributed by atoms with Gasteiger partial charge in [-0.15, -0.1) is 11.3 Å². The van der Waals surface area contributed by atoms with Crippen molar-refractivity contribution in [2.45, 2.75) is 109 Å². The van der Waals surface area contributed by atoms with Crippen LogP contribution in [0.1, 0.15) is 96.1 Å². The van der Waals surface area contributed by atoms with E-state index in [1.54, 1.807) is 36.4 Å². The maximum Gasteiger partial charge on any atom is 0.270 e. The van der Waals surface area contributed by atoms with Crippen molar-refractivity contribution in [3.63, 3.8) is 0 Å². The van der Waals surface area contributed by atoms with Gasteiger partial charge in [-0.05, 0) is 56.6 Å². The van der Waals surface area contributed by atoms with E-state index in [0.717, 1.165) is 31.4 Å². The molecule has 9 nitrogen and oxygen atoms in total. The van der Waals surface area contributed by atoms with Gasteiger partial charge in [0.15, 0.2) is 0 Å². The van der Waals surface area contributed by atoms with Crippen molar-refractivity contribution in [2.75, 3.05) is 20.6 Å². The van der Waals surface area contributed by atoms with Crippen molar-refractivity contribution < 1.29 is 91.3 Å². The molecule has 0 saturated carbocycles. The van der Waals surface area contributed by atoms with Crippen molar-refractivity contribution in [1.29, 1.82) is 0 Å². The molecule has 1 aromatic carbocycles. The molecule has 6 atom stereocenters. The zero-order valence-electron chi connectivity index (χ0n) is 31.5. The topological polar surface area (TPSA) is 112 Å². The van der Waals surface area contributed by atoms with E-state index in [1.165, 1.54) is 11.3 Å². The number of likely N-dealkylation sites (tertiary alicyclic amines) is 1. The number of amides is 3. The van der Waals surface area contributed by atoms with Gasteiger partial charge in [-0.2, -0.15) is 41.1 Å². The monoisotopic (exact) mass is 1160 g/mol. The minimum absolute atomic E-state index is 0. The van der Waals surface area contributed by atoms with E-state index in [4.69, 9.17) is 1.37 Å². The summed E-state index contributed by atoms with van der Waals surface area (Å²) in [5.41, 5.74) is 1.15. The minimum atomic E-state index is -0.612. The summed E-state index contributed by atoms with van der Waals surface area (Å²) in [6.45, 7) is 12.4. The number of hydrogen-bond donors (Lipinski definition) is 3. The van der Waals surface area contributed by atoms with Gasteiger partial charge < -0.3 is 22.0 Å². The number of likely N-dealkylation sites (N-methyl/N-ethyl adjacent to an activating group) is 2. The van der Waals surface area contributed by atoms with Gasteiger partial charge in [-0.25, -0.2) is 12.6 Å². The van der Waals surface area contributed by atoms with Crippen LogP contribution in [-0.4, -0.2) is 83.1 Å². The molecule has 2 aromatic rings. The van der Waals surface area contributed by atoms with Gasteiger partial charge in [-0.1, -0.05) is 47.5 Å². The number of carbonyl (C=O) groups is 4. The van der Waals surface area contributed by atoms with Crippen molar-refractivity contribution >= 4 is 47.5 Å². The molecule has 1 saturated heterocycles. The van der Waals surface area contributed by atoms with Crippen molar-refractivity contribution in [1.82, 2.24) is 25.4 Å². The third-order valence-electron chi connectivity index (χ3n) is 9.43. The zero-order chi connectivity index (χ0) is 35.7. The van der Waals surface area contributed by atoms with E-state index >= 15 is 0 Å². The van der Waals surface area contributed by atoms with Crippen LogP contribution < -0.4 is 10.6 Å². The second-order valence-corrected chi connectivity index (χ2v) is 14.8. The largest absolute Gasteiger partial charge is 0.349 e. The predicted octanol–water partition coefficient (Wildman–Crippen LogP) is 5.23. The molecule has 0 aliphatic carbocycles. The fourth-order valence-corrected chi connectivity index (χ4v) is 7.01. The van der Waals surface area contributed by atoms with Crippen LogP contribution in [0.25, 0.3) is 0 Å². The van der Waals surface area contributed by atoms with E-state index in [2.05, 4.69) is 48.2 Å². The van der Waals surface area contributed by atoms with Crippen molar-refractivity contribution in [3.05, 3.63) is 52.3 Å². The first-order chi connectivity index (χ1) is 22.6. The molecule has 3 rings (SSSR count). The molecule has 0 spiro atoms. The number of Topliss-reactive ketones (excluding diaryl/α,β-unsaturated/α-hetero) is 1. The first-order valence-corrected chi connectivity index (χ1v) is 18.0. The minimum Gasteiger partial charge on any atom is -0.349 e. The second kappa shape index (κ2) is 24.0. The molecule has 1 fully saturated rings. The number of nitrogens with one attached hydrogen (secondary N) is 2. The van der Waals surface area contributed by atoms with Crippen LogP contribution >= 0.6 is 24.0 Å². The second-order valence-electron chi connectivity index (χ2n) is 13.4. The third-order valence-corrected chi connectivity index (χ3v) is 10.5. The number of aromatic nitrogens is 1. The molecule has 14 heteroatoms. The Labute approximate surface area is 360 Å². The standard InChI is InChI=1S/C36H53N5O4S2.U.V.W/c1-9-23(4)33(39-35(44)31-14-11-17-40(31)7)36(45)41(8)30(22(2)3)15-16-32-38-29(21-47-32)34(43)37-27(18-24(5)25(6)42)19-26-12-10-13-28(46)20-26;;;/h12-13,16,20-24,27,30-31,33,46H,9,11,14-15,17-19H2,1-8H3,(H,37,43)(H,39,44);;;/q-2;;;/i13T;;;. The molecule has 0 bridgehead atoms. The Kier molecular flexibility index (Phi) is 22.7. The van der Waals surface area contributed by atoms with Crippen molar-refractivity contribution in [3.8, 4) is 0 Å². The van der Waals surface area contributed by atoms with E-state index < -0.39 is 6.04 Å². The summed E-state index contributed by atoms with van der Waals surface area (Å²) in [6.07, 6.45) is 5.94. The Morgan fingerprint density at radius 3 is 2.48 bits per heavy atom. The van der Waals surface area contributed by atoms with Crippen LogP contribution in [0.3, 0.4) is 0 Å². The molecule has 1 aromatic heterocycles. The summed E-state index contributed by atoms with van der Waals surface area (Å²) in [5.74, 6) is -0.598. The number of ketones is 1. The maximum atomic E-state index is 13.9. The molecule has 6 unspecified atom stereocenters. The predicted molar refractivity (Wildman–Crippen MR) is 191 cm³/mol. The molecule has 2 heterocycles. The molecular formula is C36H53N5O4S2UVW-2. The Morgan fingerprint density at radius 1 is 1.24 bits per heavy atom. The van der Waals surface area contributed by atoms with Gasteiger partial charge in [0.2, 0.25) is 11.8 Å². The van der Waals surface area contributed by atoms with E-state index in [1.807, 2.05) is 39.1 Å². The Hall–Kier alpha value is -0.565. The average molecular weight is 1160 g/mol. The summed E-state index contributed by atoms with van der Waals surface area (Å²) in [5, 5.41) is 8.54. The van der Waals surface area contributed by atoms with Crippen LogP contribution in [0, 0.1) is 61.4 Å². The SMILES string of the molecule is [3H]c1[c-]cc(CC(CC(C)C(C)=O)NC(=O)c2csc([CH-]CC(C(C)C)N(C)C(=O)C(NC(=O)C3CCCN3C)C(C)CC)n2)cc1S.[U].[V].[W]. The molecule has 275 valence electrons. The number of benzene rings is 1. The van der Waals surface area contributed by atoms with Gasteiger partial charge in [0, 0.05) is 103 Å². The molecule has 1 aliphatic heterocycles. The van der Waals surface area contributed by atoms with E-state index in [9.17, 15) is 19.2 Å². The third kappa shape index (κ3) is 14.7. The Balaban J connectivity index is 0.00000833. The molecule has 3 amide bonds. The van der Waals surface area contributed by atoms with Crippen LogP contribution in [0.15, 0.2) is 28.5 Å². The number of thiazole rings is 1. The molecular weight excluding hydrogens is 1100 g/mol. The van der Waals surface area contributed by atoms with Gasteiger partial charge in [-0.3, -0.25) is 29.1 Å². The first-order valence-electron chi connectivity index (χ1n) is 17.2. The summed E-state index contributed by atoms with van der Waals surface area (Å²) in [4.78, 5) is 61.3. The average Bonchev–Trinajstić information content (AvgIpc) is 3.69. The molecule has 50 heavy (non-hydrogen) atoms. The van der Waals surface area contributed by atoms with Gasteiger partial charge in [0.1, 0.15) is 17.5 Å². The number of carbonyl (C=O) groups excluding carboxylic acids is 4. The summed E-state index contributed by atoms with van der Waals surface area (Å²) in [6, 6.07) is 5.29. The fourth-order valence-electron chi connectivity index (χ4n) is 6.05. The maximum absolute atomic E-state index is 13.9. The number of hydrogen-bond acceptors (Lipinski definition) is 8. The van der Waals surface area contributed by atoms with Gasteiger partial charge >= 0.3 is 0 Å². The Morgan fingerprint density at radius 2 is 1.92 bits per heavy atom. The summed E-state index contributed by atoms with van der Waals surface area (Å²) in [7, 11) is 3.75. The quantitative estimate of drug-likeness (QED) is 0.148. The van der Waals surface area contributed by atoms with Crippen LogP contribution in [0.5, 0.6) is 0 Å². The van der Waals surface area contributed by atoms with Crippen LogP contribution in [0.2, 0.25) is 0 Å². The molecule has 1 radical (unpaired) electrons. The number of thiol groups is 1. The van der Waals surface area contributed by atoms with Crippen LogP contribution in [-0.2, 0) is 60.4 Å². The zero-order valence-corrected chi connectivity index (χ0v) is 40.7. The fraction of sp³-hybridized carbons (Fsp3) is 0.611. The normalized spacial score (nSPS) is 17.4. The molecule has 1 aliphatic rings.